The molecular weight excluding hydrogens is 375 g/mol. The van der Waals surface area contributed by atoms with Crippen LogP contribution in [0.4, 0.5) is 15.8 Å². The Hall–Kier alpha value is -2.15. The SMILES string of the molecule is O=C(Nc1ccccc1N1CCOCC1)c1sc2cc(F)ccc2c1Cl. The standard InChI is InChI=1S/C19H16ClFN2O2S/c20-17-13-6-5-12(21)11-16(13)26-18(17)19(24)22-14-3-1-2-4-15(14)23-7-9-25-10-8-23/h1-6,11H,7-10H2,(H,22,24). The van der Waals surface area contributed by atoms with Crippen molar-refractivity contribution in [1.29, 1.82) is 0 Å². The monoisotopic (exact) mass is 390 g/mol. The van der Waals surface area contributed by atoms with Gasteiger partial charge in [-0.1, -0.05) is 23.7 Å². The number of anilines is 2. The van der Waals surface area contributed by atoms with Crippen molar-refractivity contribution in [1.82, 2.24) is 0 Å². The zero-order valence-corrected chi connectivity index (χ0v) is 15.4. The van der Waals surface area contributed by atoms with E-state index in [-0.39, 0.29) is 11.7 Å². The molecule has 2 aromatic carbocycles. The fourth-order valence-electron chi connectivity index (χ4n) is 3.02. The van der Waals surface area contributed by atoms with E-state index in [1.165, 1.54) is 23.5 Å². The van der Waals surface area contributed by atoms with Crippen molar-refractivity contribution in [2.24, 2.45) is 0 Å². The molecule has 0 atom stereocenters. The normalized spacial score (nSPS) is 14.6. The van der Waals surface area contributed by atoms with Crippen LogP contribution >= 0.6 is 22.9 Å². The van der Waals surface area contributed by atoms with Gasteiger partial charge in [0.1, 0.15) is 10.7 Å². The number of nitrogens with one attached hydrogen (secondary N) is 1. The summed E-state index contributed by atoms with van der Waals surface area (Å²) >= 11 is 7.55. The lowest BCUT2D eigenvalue weighted by Gasteiger charge is -2.30. The van der Waals surface area contributed by atoms with Gasteiger partial charge in [0.2, 0.25) is 0 Å². The average Bonchev–Trinajstić information content (AvgIpc) is 2.99. The van der Waals surface area contributed by atoms with Crippen molar-refractivity contribution >= 4 is 50.3 Å². The molecule has 0 spiro atoms. The molecule has 1 saturated heterocycles. The number of rotatable bonds is 3. The van der Waals surface area contributed by atoms with Crippen LogP contribution in [0.3, 0.4) is 0 Å². The molecule has 7 heteroatoms. The fourth-order valence-corrected chi connectivity index (χ4v) is 4.46. The third kappa shape index (κ3) is 3.28. The number of nitrogens with zero attached hydrogens (tertiary/aromatic N) is 1. The Morgan fingerprint density at radius 1 is 1.19 bits per heavy atom. The molecule has 2 heterocycles. The second-order valence-corrected chi connectivity index (χ2v) is 7.39. The zero-order valence-electron chi connectivity index (χ0n) is 13.8. The van der Waals surface area contributed by atoms with E-state index in [2.05, 4.69) is 10.2 Å². The van der Waals surface area contributed by atoms with E-state index in [0.717, 1.165) is 24.5 Å². The summed E-state index contributed by atoms with van der Waals surface area (Å²) < 4.78 is 19.5. The lowest BCUT2D eigenvalue weighted by Crippen LogP contribution is -2.36. The lowest BCUT2D eigenvalue weighted by molar-refractivity contribution is 0.103. The van der Waals surface area contributed by atoms with Crippen LogP contribution < -0.4 is 10.2 Å². The number of benzene rings is 2. The van der Waals surface area contributed by atoms with E-state index in [9.17, 15) is 9.18 Å². The largest absolute Gasteiger partial charge is 0.378 e. The van der Waals surface area contributed by atoms with E-state index in [0.29, 0.717) is 33.2 Å². The molecule has 1 N–H and O–H groups in total. The number of para-hydroxylation sites is 2. The number of fused-ring (bicyclic) bond motifs is 1. The smallest absolute Gasteiger partial charge is 0.267 e. The number of carbonyl (C=O) groups is 1. The fraction of sp³-hybridized carbons (Fsp3) is 0.211. The van der Waals surface area contributed by atoms with E-state index in [4.69, 9.17) is 16.3 Å². The van der Waals surface area contributed by atoms with Crippen molar-refractivity contribution in [3.05, 3.63) is 58.2 Å². The Labute approximate surface area is 159 Å². The zero-order chi connectivity index (χ0) is 18.1. The minimum Gasteiger partial charge on any atom is -0.378 e. The molecule has 0 saturated carbocycles. The molecule has 26 heavy (non-hydrogen) atoms. The van der Waals surface area contributed by atoms with Gasteiger partial charge in [-0.05, 0) is 30.3 Å². The molecule has 1 aliphatic heterocycles. The van der Waals surface area contributed by atoms with Gasteiger partial charge >= 0.3 is 0 Å². The van der Waals surface area contributed by atoms with Gasteiger partial charge in [-0.2, -0.15) is 0 Å². The molecule has 1 amide bonds. The van der Waals surface area contributed by atoms with Gasteiger partial charge in [0, 0.05) is 23.2 Å². The van der Waals surface area contributed by atoms with Crippen LogP contribution in [0.1, 0.15) is 9.67 Å². The molecule has 0 aliphatic carbocycles. The summed E-state index contributed by atoms with van der Waals surface area (Å²) in [6, 6.07) is 12.0. The first-order valence-electron chi connectivity index (χ1n) is 8.24. The third-order valence-corrected chi connectivity index (χ3v) is 5.96. The van der Waals surface area contributed by atoms with Gasteiger partial charge in [-0.15, -0.1) is 11.3 Å². The predicted molar refractivity (Wildman–Crippen MR) is 104 cm³/mol. The predicted octanol–water partition coefficient (Wildman–Crippen LogP) is 4.78. The van der Waals surface area contributed by atoms with Crippen LogP contribution in [-0.4, -0.2) is 32.2 Å². The molecule has 4 rings (SSSR count). The molecule has 1 aliphatic rings. The first kappa shape index (κ1) is 17.3. The Morgan fingerprint density at radius 2 is 1.96 bits per heavy atom. The molecule has 1 fully saturated rings. The maximum absolute atomic E-state index is 13.4. The summed E-state index contributed by atoms with van der Waals surface area (Å²) in [5.74, 6) is -0.641. The van der Waals surface area contributed by atoms with Crippen LogP contribution in [0.25, 0.3) is 10.1 Å². The van der Waals surface area contributed by atoms with Crippen LogP contribution in [0, 0.1) is 5.82 Å². The van der Waals surface area contributed by atoms with Gasteiger partial charge in [-0.25, -0.2) is 4.39 Å². The summed E-state index contributed by atoms with van der Waals surface area (Å²) in [5.41, 5.74) is 1.67. The summed E-state index contributed by atoms with van der Waals surface area (Å²) in [6.45, 7) is 2.87. The number of ether oxygens (including phenoxy) is 1. The quantitative estimate of drug-likeness (QED) is 0.699. The van der Waals surface area contributed by atoms with Gasteiger partial charge in [-0.3, -0.25) is 4.79 Å². The molecule has 134 valence electrons. The van der Waals surface area contributed by atoms with E-state index < -0.39 is 0 Å². The first-order valence-corrected chi connectivity index (χ1v) is 9.43. The van der Waals surface area contributed by atoms with Gasteiger partial charge in [0.25, 0.3) is 5.91 Å². The number of morpholine rings is 1. The molecule has 3 aromatic rings. The Kier molecular flexibility index (Phi) is 4.80. The van der Waals surface area contributed by atoms with Crippen LogP contribution in [-0.2, 0) is 4.74 Å². The highest BCUT2D eigenvalue weighted by atomic mass is 35.5. The maximum atomic E-state index is 13.4. The lowest BCUT2D eigenvalue weighted by atomic mass is 10.2. The molecule has 4 nitrogen and oxygen atoms in total. The topological polar surface area (TPSA) is 41.6 Å². The van der Waals surface area contributed by atoms with Gasteiger partial charge < -0.3 is 15.0 Å². The molecule has 0 bridgehead atoms. The van der Waals surface area contributed by atoms with Crippen molar-refractivity contribution < 1.29 is 13.9 Å². The Bertz CT molecular complexity index is 969. The van der Waals surface area contributed by atoms with Crippen molar-refractivity contribution in [3.8, 4) is 0 Å². The van der Waals surface area contributed by atoms with Crippen LogP contribution in [0.2, 0.25) is 5.02 Å². The van der Waals surface area contributed by atoms with Crippen molar-refractivity contribution in [3.63, 3.8) is 0 Å². The van der Waals surface area contributed by atoms with Crippen molar-refractivity contribution in [2.45, 2.75) is 0 Å². The van der Waals surface area contributed by atoms with E-state index in [1.807, 2.05) is 24.3 Å². The summed E-state index contributed by atoms with van der Waals surface area (Å²) in [4.78, 5) is 15.4. The number of amides is 1. The highest BCUT2D eigenvalue weighted by Gasteiger charge is 2.20. The minimum atomic E-state index is -0.347. The average molecular weight is 391 g/mol. The number of thiophene rings is 1. The van der Waals surface area contributed by atoms with Crippen molar-refractivity contribution in [2.75, 3.05) is 36.5 Å². The third-order valence-electron chi connectivity index (χ3n) is 4.30. The summed E-state index contributed by atoms with van der Waals surface area (Å²) in [5, 5.41) is 3.99. The summed E-state index contributed by atoms with van der Waals surface area (Å²) in [7, 11) is 0. The van der Waals surface area contributed by atoms with Gasteiger partial charge in [0.05, 0.1) is 29.6 Å². The first-order chi connectivity index (χ1) is 12.6. The molecular formula is C19H16ClFN2O2S. The second-order valence-electron chi connectivity index (χ2n) is 5.96. The number of hydrogen-bond donors (Lipinski definition) is 1. The minimum absolute atomic E-state index is 0.294. The summed E-state index contributed by atoms with van der Waals surface area (Å²) in [6.07, 6.45) is 0. The molecule has 0 unspecified atom stereocenters. The maximum Gasteiger partial charge on any atom is 0.267 e. The highest BCUT2D eigenvalue weighted by Crippen LogP contribution is 2.36. The Morgan fingerprint density at radius 3 is 2.77 bits per heavy atom. The highest BCUT2D eigenvalue weighted by molar-refractivity contribution is 7.21. The molecule has 1 aromatic heterocycles. The number of carbonyl (C=O) groups excluding carboxylic acids is 1. The van der Waals surface area contributed by atoms with E-state index >= 15 is 0 Å². The number of hydrogen-bond acceptors (Lipinski definition) is 4. The van der Waals surface area contributed by atoms with Crippen LogP contribution in [0.5, 0.6) is 0 Å². The van der Waals surface area contributed by atoms with Gasteiger partial charge in [0.15, 0.2) is 0 Å². The molecule has 0 radical (unpaired) electrons. The number of halogens is 2. The van der Waals surface area contributed by atoms with Crippen LogP contribution in [0.15, 0.2) is 42.5 Å². The second kappa shape index (κ2) is 7.23. The van der Waals surface area contributed by atoms with E-state index in [1.54, 1.807) is 6.07 Å². The Balaban J connectivity index is 1.64.